The number of hydrogen-bond donors (Lipinski definition) is 1. The molecule has 0 unspecified atom stereocenters. The molecule has 0 bridgehead atoms. The molecule has 0 aliphatic carbocycles. The number of aromatic nitrogens is 3. The Labute approximate surface area is 157 Å². The van der Waals surface area contributed by atoms with E-state index < -0.39 is 11.5 Å². The van der Waals surface area contributed by atoms with Gasteiger partial charge in [0, 0.05) is 19.2 Å². The van der Waals surface area contributed by atoms with Gasteiger partial charge in [-0.05, 0) is 37.0 Å². The Morgan fingerprint density at radius 2 is 2.04 bits per heavy atom. The molecule has 1 amide bonds. The number of carbonyl (C=O) groups excluding carboxylic acids is 1. The van der Waals surface area contributed by atoms with Crippen molar-refractivity contribution in [2.75, 3.05) is 6.54 Å². The molecule has 0 spiro atoms. The maximum atomic E-state index is 12.3. The van der Waals surface area contributed by atoms with Crippen LogP contribution in [-0.4, -0.2) is 27.4 Å². The number of amides is 1. The number of nitrogens with zero attached hydrogens (tertiary/aromatic N) is 3. The summed E-state index contributed by atoms with van der Waals surface area (Å²) in [7, 11) is 0. The average molecular weight is 366 g/mol. The van der Waals surface area contributed by atoms with Crippen molar-refractivity contribution in [3.05, 3.63) is 81.7 Å². The molecule has 0 atom stereocenters. The van der Waals surface area contributed by atoms with Gasteiger partial charge in [-0.1, -0.05) is 35.5 Å². The molecule has 0 saturated heterocycles. The lowest BCUT2D eigenvalue weighted by atomic mass is 10.1. The third-order valence-corrected chi connectivity index (χ3v) is 4.26. The first-order valence-electron chi connectivity index (χ1n) is 8.93. The maximum Gasteiger partial charge on any atom is 0.349 e. The zero-order chi connectivity index (χ0) is 19.1. The minimum Gasteiger partial charge on any atom is -0.427 e. The minimum atomic E-state index is -0.594. The number of nitrogens with one attached hydrogen (secondary N) is 1. The Bertz CT molecular complexity index is 934. The molecule has 3 aromatic rings. The highest BCUT2D eigenvalue weighted by Crippen LogP contribution is 2.11. The summed E-state index contributed by atoms with van der Waals surface area (Å²) < 4.78 is 6.96. The monoisotopic (exact) mass is 366 g/mol. The van der Waals surface area contributed by atoms with E-state index in [1.807, 2.05) is 18.2 Å². The van der Waals surface area contributed by atoms with Crippen molar-refractivity contribution in [1.29, 1.82) is 0 Å². The molecule has 27 heavy (non-hydrogen) atoms. The van der Waals surface area contributed by atoms with E-state index in [2.05, 4.69) is 27.8 Å². The number of aryl methyl sites for hydroxylation is 3. The van der Waals surface area contributed by atoms with Gasteiger partial charge in [0.25, 0.3) is 5.91 Å². The van der Waals surface area contributed by atoms with E-state index in [-0.39, 0.29) is 5.56 Å². The van der Waals surface area contributed by atoms with Crippen LogP contribution in [0.2, 0.25) is 0 Å². The van der Waals surface area contributed by atoms with E-state index in [1.165, 1.54) is 5.56 Å². The van der Waals surface area contributed by atoms with E-state index in [1.54, 1.807) is 30.1 Å². The van der Waals surface area contributed by atoms with E-state index in [4.69, 9.17) is 4.42 Å². The van der Waals surface area contributed by atoms with Gasteiger partial charge in [-0.3, -0.25) is 9.48 Å². The van der Waals surface area contributed by atoms with Gasteiger partial charge in [0.1, 0.15) is 11.3 Å². The van der Waals surface area contributed by atoms with Crippen LogP contribution >= 0.6 is 0 Å². The molecule has 1 N–H and O–H groups in total. The second-order valence-electron chi connectivity index (χ2n) is 6.32. The molecule has 2 aromatic heterocycles. The molecule has 0 saturated carbocycles. The van der Waals surface area contributed by atoms with Crippen LogP contribution in [-0.2, 0) is 19.4 Å². The Hall–Kier alpha value is -3.22. The fraction of sp³-hybridized carbons (Fsp3) is 0.300. The third kappa shape index (κ3) is 5.13. The van der Waals surface area contributed by atoms with Gasteiger partial charge in [-0.25, -0.2) is 4.79 Å². The van der Waals surface area contributed by atoms with Gasteiger partial charge in [0.15, 0.2) is 0 Å². The summed E-state index contributed by atoms with van der Waals surface area (Å²) in [4.78, 5) is 24.6. The summed E-state index contributed by atoms with van der Waals surface area (Å²) in [5.74, 6) is 0.171. The van der Waals surface area contributed by atoms with Crippen LogP contribution in [0.4, 0.5) is 0 Å². The van der Waals surface area contributed by atoms with Crippen LogP contribution in [0, 0.1) is 6.92 Å². The molecule has 140 valence electrons. The van der Waals surface area contributed by atoms with Gasteiger partial charge >= 0.3 is 5.63 Å². The van der Waals surface area contributed by atoms with Crippen LogP contribution in [0.25, 0.3) is 0 Å². The lowest BCUT2D eigenvalue weighted by Crippen LogP contribution is -2.32. The van der Waals surface area contributed by atoms with E-state index in [0.717, 1.165) is 12.8 Å². The maximum absolute atomic E-state index is 12.3. The molecule has 0 fully saturated rings. The number of hydrogen-bond acceptors (Lipinski definition) is 5. The Kier molecular flexibility index (Phi) is 6.14. The number of carbonyl (C=O) groups is 1. The normalized spacial score (nSPS) is 10.7. The fourth-order valence-electron chi connectivity index (χ4n) is 2.90. The molecule has 7 nitrogen and oxygen atoms in total. The van der Waals surface area contributed by atoms with Crippen LogP contribution < -0.4 is 10.9 Å². The van der Waals surface area contributed by atoms with Gasteiger partial charge in [0.2, 0.25) is 0 Å². The second kappa shape index (κ2) is 8.93. The average Bonchev–Trinajstić information content (AvgIpc) is 3.15. The standard InChI is InChI=1S/C20H22N4O3/c1-15-14-17(9-5-8-16-6-3-2-4-7-16)27-20(26)18(15)19(25)21-10-12-24-13-11-22-23-24/h2-4,6-7,11,13-14H,5,8-10,12H2,1H3,(H,21,25). The van der Waals surface area contributed by atoms with Crippen LogP contribution in [0.5, 0.6) is 0 Å². The van der Waals surface area contributed by atoms with Crippen LogP contribution in [0.1, 0.15) is 33.7 Å². The van der Waals surface area contributed by atoms with Crippen LogP contribution in [0.3, 0.4) is 0 Å². The second-order valence-corrected chi connectivity index (χ2v) is 6.32. The summed E-state index contributed by atoms with van der Waals surface area (Å²) in [6, 6.07) is 11.9. The highest BCUT2D eigenvalue weighted by Gasteiger charge is 2.16. The third-order valence-electron chi connectivity index (χ3n) is 4.26. The zero-order valence-corrected chi connectivity index (χ0v) is 15.2. The largest absolute Gasteiger partial charge is 0.427 e. The predicted molar refractivity (Wildman–Crippen MR) is 101 cm³/mol. The van der Waals surface area contributed by atoms with Gasteiger partial charge in [0.05, 0.1) is 12.7 Å². The van der Waals surface area contributed by atoms with Crippen molar-refractivity contribution < 1.29 is 9.21 Å². The summed E-state index contributed by atoms with van der Waals surface area (Å²) >= 11 is 0. The first-order chi connectivity index (χ1) is 13.1. The lowest BCUT2D eigenvalue weighted by Gasteiger charge is -2.08. The molecule has 7 heteroatoms. The Morgan fingerprint density at radius 3 is 2.74 bits per heavy atom. The summed E-state index contributed by atoms with van der Waals surface area (Å²) in [5.41, 5.74) is 1.34. The summed E-state index contributed by atoms with van der Waals surface area (Å²) in [6.45, 7) is 2.58. The van der Waals surface area contributed by atoms with Crippen molar-refractivity contribution >= 4 is 5.91 Å². The van der Waals surface area contributed by atoms with Crippen LogP contribution in [0.15, 0.2) is 58.0 Å². The Morgan fingerprint density at radius 1 is 1.22 bits per heavy atom. The van der Waals surface area contributed by atoms with Gasteiger partial charge < -0.3 is 9.73 Å². The molecular formula is C20H22N4O3. The number of benzene rings is 1. The summed E-state index contributed by atoms with van der Waals surface area (Å²) in [5, 5.41) is 10.2. The first kappa shape index (κ1) is 18.6. The SMILES string of the molecule is Cc1cc(CCCc2ccccc2)oc(=O)c1C(=O)NCCn1ccnn1. The van der Waals surface area contributed by atoms with E-state index in [0.29, 0.717) is 30.8 Å². The topological polar surface area (TPSA) is 90.0 Å². The number of rotatable bonds is 8. The first-order valence-corrected chi connectivity index (χ1v) is 8.93. The molecular weight excluding hydrogens is 344 g/mol. The summed E-state index contributed by atoms with van der Waals surface area (Å²) in [6.07, 6.45) is 5.70. The lowest BCUT2D eigenvalue weighted by molar-refractivity contribution is 0.0946. The zero-order valence-electron chi connectivity index (χ0n) is 15.2. The van der Waals surface area contributed by atoms with Crippen molar-refractivity contribution in [1.82, 2.24) is 20.3 Å². The predicted octanol–water partition coefficient (Wildman–Crippen LogP) is 2.15. The van der Waals surface area contributed by atoms with Crippen molar-refractivity contribution in [3.63, 3.8) is 0 Å². The highest BCUT2D eigenvalue weighted by molar-refractivity contribution is 5.95. The van der Waals surface area contributed by atoms with E-state index >= 15 is 0 Å². The molecule has 0 aliphatic heterocycles. The fourth-order valence-corrected chi connectivity index (χ4v) is 2.90. The van der Waals surface area contributed by atoms with Gasteiger partial charge in [-0.2, -0.15) is 0 Å². The van der Waals surface area contributed by atoms with Crippen molar-refractivity contribution in [2.45, 2.75) is 32.7 Å². The van der Waals surface area contributed by atoms with E-state index in [9.17, 15) is 9.59 Å². The molecule has 0 radical (unpaired) electrons. The molecule has 1 aromatic carbocycles. The molecule has 2 heterocycles. The molecule has 0 aliphatic rings. The quantitative estimate of drug-likeness (QED) is 0.660. The molecule has 3 rings (SSSR count). The Balaban J connectivity index is 1.57. The highest BCUT2D eigenvalue weighted by atomic mass is 16.4. The van der Waals surface area contributed by atoms with Gasteiger partial charge in [-0.15, -0.1) is 5.10 Å². The minimum absolute atomic E-state index is 0.0559. The smallest absolute Gasteiger partial charge is 0.349 e. The van der Waals surface area contributed by atoms with Crippen molar-refractivity contribution in [3.8, 4) is 0 Å². The van der Waals surface area contributed by atoms with Crippen molar-refractivity contribution in [2.24, 2.45) is 0 Å².